The lowest BCUT2D eigenvalue weighted by Gasteiger charge is -2.07. The molecular weight excluding hydrogens is 236 g/mol. The summed E-state index contributed by atoms with van der Waals surface area (Å²) in [5.41, 5.74) is 1.53. The molecule has 0 N–H and O–H groups in total. The van der Waals surface area contributed by atoms with Crippen LogP contribution in [-0.4, -0.2) is 9.55 Å². The summed E-state index contributed by atoms with van der Waals surface area (Å²) >= 11 is 5.97. The number of aryl methyl sites for hydroxylation is 1. The van der Waals surface area contributed by atoms with Gasteiger partial charge in [-0.25, -0.2) is 4.98 Å². The van der Waals surface area contributed by atoms with E-state index in [1.165, 1.54) is 4.57 Å². The standard InChI is InChI=1S/C13H13ClN2O/c1-2-11-12(14)13(17)16(9-15-11)8-10-6-4-3-5-7-10/h3-7,9H,2,8H2,1H3. The molecule has 0 unspecified atom stereocenters. The lowest BCUT2D eigenvalue weighted by Crippen LogP contribution is -2.22. The quantitative estimate of drug-likeness (QED) is 0.837. The SMILES string of the molecule is CCc1ncn(Cc2ccccc2)c(=O)c1Cl. The number of aromatic nitrogens is 2. The van der Waals surface area contributed by atoms with Gasteiger partial charge in [0.2, 0.25) is 0 Å². The summed E-state index contributed by atoms with van der Waals surface area (Å²) in [5.74, 6) is 0. The average Bonchev–Trinajstić information content (AvgIpc) is 2.37. The molecule has 0 radical (unpaired) electrons. The maximum atomic E-state index is 11.9. The van der Waals surface area contributed by atoms with Crippen molar-refractivity contribution in [1.82, 2.24) is 9.55 Å². The zero-order chi connectivity index (χ0) is 12.3. The first-order valence-electron chi connectivity index (χ1n) is 5.50. The fourth-order valence-electron chi connectivity index (χ4n) is 1.64. The summed E-state index contributed by atoms with van der Waals surface area (Å²) < 4.78 is 1.52. The molecule has 0 aliphatic rings. The number of benzene rings is 1. The summed E-state index contributed by atoms with van der Waals surface area (Å²) in [7, 11) is 0. The highest BCUT2D eigenvalue weighted by Gasteiger charge is 2.07. The average molecular weight is 249 g/mol. The van der Waals surface area contributed by atoms with Gasteiger partial charge in [0, 0.05) is 0 Å². The topological polar surface area (TPSA) is 34.9 Å². The van der Waals surface area contributed by atoms with Gasteiger partial charge >= 0.3 is 0 Å². The van der Waals surface area contributed by atoms with Gasteiger partial charge < -0.3 is 0 Å². The zero-order valence-corrected chi connectivity index (χ0v) is 10.3. The largest absolute Gasteiger partial charge is 0.293 e. The van der Waals surface area contributed by atoms with Gasteiger partial charge in [-0.15, -0.1) is 0 Å². The summed E-state index contributed by atoms with van der Waals surface area (Å²) in [6.07, 6.45) is 2.22. The van der Waals surface area contributed by atoms with Crippen LogP contribution in [0.1, 0.15) is 18.2 Å². The smallest absolute Gasteiger partial charge is 0.272 e. The first-order chi connectivity index (χ1) is 8.22. The Hall–Kier alpha value is -1.61. The number of nitrogens with zero attached hydrogens (tertiary/aromatic N) is 2. The minimum atomic E-state index is -0.178. The first-order valence-corrected chi connectivity index (χ1v) is 5.88. The van der Waals surface area contributed by atoms with Crippen molar-refractivity contribution in [3.8, 4) is 0 Å². The highest BCUT2D eigenvalue weighted by Crippen LogP contribution is 2.08. The highest BCUT2D eigenvalue weighted by atomic mass is 35.5. The Morgan fingerprint density at radius 1 is 1.29 bits per heavy atom. The Balaban J connectivity index is 2.35. The Morgan fingerprint density at radius 3 is 2.65 bits per heavy atom. The monoisotopic (exact) mass is 248 g/mol. The molecule has 0 bridgehead atoms. The van der Waals surface area contributed by atoms with Crippen molar-refractivity contribution in [1.29, 1.82) is 0 Å². The molecule has 0 saturated heterocycles. The van der Waals surface area contributed by atoms with E-state index in [1.54, 1.807) is 6.33 Å². The molecule has 4 heteroatoms. The van der Waals surface area contributed by atoms with Gasteiger partial charge in [0.1, 0.15) is 5.02 Å². The zero-order valence-electron chi connectivity index (χ0n) is 9.56. The number of hydrogen-bond donors (Lipinski definition) is 0. The van der Waals surface area contributed by atoms with E-state index in [2.05, 4.69) is 4.98 Å². The summed E-state index contributed by atoms with van der Waals surface area (Å²) in [4.78, 5) is 16.1. The van der Waals surface area contributed by atoms with Crippen LogP contribution in [0.15, 0.2) is 41.5 Å². The molecule has 0 fully saturated rings. The van der Waals surface area contributed by atoms with E-state index in [0.717, 1.165) is 5.56 Å². The van der Waals surface area contributed by atoms with Crippen LogP contribution in [0.3, 0.4) is 0 Å². The van der Waals surface area contributed by atoms with Crippen LogP contribution in [0.25, 0.3) is 0 Å². The van der Waals surface area contributed by atoms with Crippen molar-refractivity contribution in [2.45, 2.75) is 19.9 Å². The predicted octanol–water partition coefficient (Wildman–Crippen LogP) is 2.51. The van der Waals surface area contributed by atoms with Gasteiger partial charge in [-0.1, -0.05) is 48.9 Å². The van der Waals surface area contributed by atoms with Gasteiger partial charge in [-0.05, 0) is 12.0 Å². The fraction of sp³-hybridized carbons (Fsp3) is 0.231. The lowest BCUT2D eigenvalue weighted by molar-refractivity contribution is 0.725. The fourth-order valence-corrected chi connectivity index (χ4v) is 1.93. The maximum Gasteiger partial charge on any atom is 0.272 e. The second-order valence-corrected chi connectivity index (χ2v) is 4.16. The molecule has 0 amide bonds. The first kappa shape index (κ1) is 11.9. The van der Waals surface area contributed by atoms with Gasteiger partial charge in [0.15, 0.2) is 0 Å². The van der Waals surface area contributed by atoms with Crippen LogP contribution in [0, 0.1) is 0 Å². The van der Waals surface area contributed by atoms with Crippen LogP contribution in [0.2, 0.25) is 5.02 Å². The molecule has 17 heavy (non-hydrogen) atoms. The molecule has 2 aromatic rings. The molecule has 1 heterocycles. The van der Waals surface area contributed by atoms with Crippen molar-refractivity contribution in [3.05, 3.63) is 63.3 Å². The van der Waals surface area contributed by atoms with Crippen LogP contribution in [0.4, 0.5) is 0 Å². The van der Waals surface area contributed by atoms with E-state index in [1.807, 2.05) is 37.3 Å². The molecule has 1 aromatic heterocycles. The van der Waals surface area contributed by atoms with Gasteiger partial charge in [0.05, 0.1) is 18.6 Å². The molecule has 0 aliphatic carbocycles. The molecule has 3 nitrogen and oxygen atoms in total. The minimum absolute atomic E-state index is 0.178. The second-order valence-electron chi connectivity index (χ2n) is 3.78. The third-order valence-corrected chi connectivity index (χ3v) is 2.97. The summed E-state index contributed by atoms with van der Waals surface area (Å²) in [6, 6.07) is 9.76. The third kappa shape index (κ3) is 2.56. The van der Waals surface area contributed by atoms with Crippen molar-refractivity contribution in [2.24, 2.45) is 0 Å². The van der Waals surface area contributed by atoms with E-state index < -0.39 is 0 Å². The third-order valence-electron chi connectivity index (χ3n) is 2.59. The second kappa shape index (κ2) is 5.15. The molecule has 0 aliphatic heterocycles. The Morgan fingerprint density at radius 2 is 2.00 bits per heavy atom. The predicted molar refractivity (Wildman–Crippen MR) is 68.4 cm³/mol. The molecule has 0 atom stereocenters. The molecule has 0 spiro atoms. The Bertz CT molecular complexity index is 563. The van der Waals surface area contributed by atoms with E-state index in [0.29, 0.717) is 18.7 Å². The normalized spacial score (nSPS) is 10.5. The van der Waals surface area contributed by atoms with E-state index in [9.17, 15) is 4.79 Å². The van der Waals surface area contributed by atoms with Gasteiger partial charge in [0.25, 0.3) is 5.56 Å². The van der Waals surface area contributed by atoms with Crippen LogP contribution >= 0.6 is 11.6 Å². The lowest BCUT2D eigenvalue weighted by atomic mass is 10.2. The molecule has 0 saturated carbocycles. The van der Waals surface area contributed by atoms with E-state index in [-0.39, 0.29) is 10.6 Å². The van der Waals surface area contributed by atoms with Crippen LogP contribution < -0.4 is 5.56 Å². The number of halogens is 1. The van der Waals surface area contributed by atoms with Gasteiger partial charge in [-0.2, -0.15) is 0 Å². The van der Waals surface area contributed by atoms with Crippen molar-refractivity contribution in [2.75, 3.05) is 0 Å². The molecule has 88 valence electrons. The van der Waals surface area contributed by atoms with Gasteiger partial charge in [-0.3, -0.25) is 9.36 Å². The molecule has 2 rings (SSSR count). The Labute approximate surface area is 105 Å². The molecular formula is C13H13ClN2O. The van der Waals surface area contributed by atoms with Crippen molar-refractivity contribution >= 4 is 11.6 Å². The number of hydrogen-bond acceptors (Lipinski definition) is 2. The maximum absolute atomic E-state index is 11.9. The van der Waals surface area contributed by atoms with Crippen LogP contribution in [-0.2, 0) is 13.0 Å². The van der Waals surface area contributed by atoms with Crippen LogP contribution in [0.5, 0.6) is 0 Å². The highest BCUT2D eigenvalue weighted by molar-refractivity contribution is 6.31. The summed E-state index contributed by atoms with van der Waals surface area (Å²) in [5, 5.41) is 0.228. The van der Waals surface area contributed by atoms with E-state index >= 15 is 0 Å². The molecule has 1 aromatic carbocycles. The Kier molecular flexibility index (Phi) is 3.59. The minimum Gasteiger partial charge on any atom is -0.293 e. The van der Waals surface area contributed by atoms with Crippen molar-refractivity contribution < 1.29 is 0 Å². The summed E-state index contributed by atoms with van der Waals surface area (Å²) in [6.45, 7) is 2.42. The van der Waals surface area contributed by atoms with Crippen molar-refractivity contribution in [3.63, 3.8) is 0 Å². The van der Waals surface area contributed by atoms with E-state index in [4.69, 9.17) is 11.6 Å². The number of rotatable bonds is 3.